The first kappa shape index (κ1) is 15.8. The Labute approximate surface area is 115 Å². The van der Waals surface area contributed by atoms with E-state index in [0.717, 1.165) is 43.1 Å². The number of hydrogen-bond acceptors (Lipinski definition) is 5. The highest BCUT2D eigenvalue weighted by molar-refractivity contribution is 5.42. The van der Waals surface area contributed by atoms with E-state index < -0.39 is 0 Å². The van der Waals surface area contributed by atoms with Crippen LogP contribution < -0.4 is 20.7 Å². The van der Waals surface area contributed by atoms with Gasteiger partial charge in [0.15, 0.2) is 0 Å². The standard InChI is InChI=1S/C14H24N2O3/c1-4-19-9-5-6-13(16-15)12-8-7-11(17-2)10-14(12)18-3/h7-8,10,13,16H,4-6,9,15H2,1-3H3. The monoisotopic (exact) mass is 268 g/mol. The number of rotatable bonds is 9. The van der Waals surface area contributed by atoms with Crippen LogP contribution in [0.2, 0.25) is 0 Å². The van der Waals surface area contributed by atoms with Gasteiger partial charge in [0.1, 0.15) is 11.5 Å². The second kappa shape index (κ2) is 8.74. The van der Waals surface area contributed by atoms with Crippen molar-refractivity contribution in [3.8, 4) is 11.5 Å². The molecule has 0 aliphatic carbocycles. The molecule has 108 valence electrons. The summed E-state index contributed by atoms with van der Waals surface area (Å²) in [7, 11) is 3.28. The van der Waals surface area contributed by atoms with Crippen molar-refractivity contribution < 1.29 is 14.2 Å². The molecule has 1 rings (SSSR count). The van der Waals surface area contributed by atoms with Crippen molar-refractivity contribution in [3.05, 3.63) is 23.8 Å². The summed E-state index contributed by atoms with van der Waals surface area (Å²) in [4.78, 5) is 0. The molecule has 1 unspecified atom stereocenters. The molecule has 1 aromatic rings. The van der Waals surface area contributed by atoms with Crippen LogP contribution in [-0.2, 0) is 4.74 Å². The van der Waals surface area contributed by atoms with Gasteiger partial charge >= 0.3 is 0 Å². The van der Waals surface area contributed by atoms with Crippen LogP contribution in [0.1, 0.15) is 31.4 Å². The molecule has 0 aliphatic heterocycles. The van der Waals surface area contributed by atoms with Crippen LogP contribution in [0.3, 0.4) is 0 Å². The van der Waals surface area contributed by atoms with Gasteiger partial charge in [0.2, 0.25) is 0 Å². The highest BCUT2D eigenvalue weighted by atomic mass is 16.5. The van der Waals surface area contributed by atoms with Crippen molar-refractivity contribution in [3.63, 3.8) is 0 Å². The van der Waals surface area contributed by atoms with Gasteiger partial charge in [-0.25, -0.2) is 0 Å². The fourth-order valence-corrected chi connectivity index (χ4v) is 1.97. The molecule has 19 heavy (non-hydrogen) atoms. The summed E-state index contributed by atoms with van der Waals surface area (Å²) in [6.07, 6.45) is 1.83. The number of methoxy groups -OCH3 is 2. The first-order chi connectivity index (χ1) is 9.26. The van der Waals surface area contributed by atoms with Crippen LogP contribution in [0.15, 0.2) is 18.2 Å². The predicted molar refractivity (Wildman–Crippen MR) is 75.3 cm³/mol. The molecule has 5 heteroatoms. The van der Waals surface area contributed by atoms with Crippen molar-refractivity contribution in [2.24, 2.45) is 5.84 Å². The Bertz CT molecular complexity index is 372. The third kappa shape index (κ3) is 4.70. The molecule has 0 bridgehead atoms. The lowest BCUT2D eigenvalue weighted by atomic mass is 10.0. The predicted octanol–water partition coefficient (Wildman–Crippen LogP) is 2.02. The van der Waals surface area contributed by atoms with Crippen LogP contribution in [0.4, 0.5) is 0 Å². The minimum absolute atomic E-state index is 0.0429. The summed E-state index contributed by atoms with van der Waals surface area (Å²) in [6, 6.07) is 5.79. The number of hydrazine groups is 1. The van der Waals surface area contributed by atoms with E-state index in [-0.39, 0.29) is 6.04 Å². The van der Waals surface area contributed by atoms with E-state index in [4.69, 9.17) is 20.1 Å². The normalized spacial score (nSPS) is 12.2. The zero-order valence-electron chi connectivity index (χ0n) is 11.9. The summed E-state index contributed by atoms with van der Waals surface area (Å²) in [5.41, 5.74) is 3.86. The maximum absolute atomic E-state index is 5.64. The van der Waals surface area contributed by atoms with Gasteiger partial charge in [0.05, 0.1) is 14.2 Å². The maximum atomic E-state index is 5.64. The van der Waals surface area contributed by atoms with Crippen molar-refractivity contribution in [2.45, 2.75) is 25.8 Å². The Morgan fingerprint density at radius 2 is 2.05 bits per heavy atom. The van der Waals surface area contributed by atoms with Crippen molar-refractivity contribution >= 4 is 0 Å². The van der Waals surface area contributed by atoms with Crippen molar-refractivity contribution in [2.75, 3.05) is 27.4 Å². The molecule has 0 saturated carbocycles. The molecule has 0 amide bonds. The van der Waals surface area contributed by atoms with E-state index in [1.54, 1.807) is 14.2 Å². The minimum Gasteiger partial charge on any atom is -0.497 e. The van der Waals surface area contributed by atoms with Crippen LogP contribution in [0.25, 0.3) is 0 Å². The molecular weight excluding hydrogens is 244 g/mol. The Morgan fingerprint density at radius 3 is 2.63 bits per heavy atom. The minimum atomic E-state index is 0.0429. The average molecular weight is 268 g/mol. The molecule has 1 atom stereocenters. The fraction of sp³-hybridized carbons (Fsp3) is 0.571. The molecule has 1 aromatic carbocycles. The van der Waals surface area contributed by atoms with Gasteiger partial charge in [-0.15, -0.1) is 0 Å². The smallest absolute Gasteiger partial charge is 0.127 e. The van der Waals surface area contributed by atoms with Gasteiger partial charge in [-0.3, -0.25) is 11.3 Å². The topological polar surface area (TPSA) is 65.7 Å². The molecule has 0 spiro atoms. The molecule has 5 nitrogen and oxygen atoms in total. The van der Waals surface area contributed by atoms with E-state index in [9.17, 15) is 0 Å². The van der Waals surface area contributed by atoms with Gasteiger partial charge in [-0.1, -0.05) is 6.07 Å². The molecule has 0 radical (unpaired) electrons. The molecule has 3 N–H and O–H groups in total. The molecule has 0 saturated heterocycles. The van der Waals surface area contributed by atoms with Crippen LogP contribution >= 0.6 is 0 Å². The second-order valence-electron chi connectivity index (χ2n) is 4.17. The lowest BCUT2D eigenvalue weighted by molar-refractivity contribution is 0.140. The largest absolute Gasteiger partial charge is 0.497 e. The van der Waals surface area contributed by atoms with E-state index in [0.29, 0.717) is 0 Å². The molecule has 0 aliphatic rings. The Hall–Kier alpha value is -1.30. The summed E-state index contributed by atoms with van der Waals surface area (Å²) in [6.45, 7) is 3.48. The summed E-state index contributed by atoms with van der Waals surface area (Å²) >= 11 is 0. The number of benzene rings is 1. The van der Waals surface area contributed by atoms with Gasteiger partial charge < -0.3 is 14.2 Å². The highest BCUT2D eigenvalue weighted by Gasteiger charge is 2.15. The maximum Gasteiger partial charge on any atom is 0.127 e. The quantitative estimate of drug-likeness (QED) is 0.407. The summed E-state index contributed by atoms with van der Waals surface area (Å²) < 4.78 is 15.9. The zero-order valence-corrected chi connectivity index (χ0v) is 11.9. The van der Waals surface area contributed by atoms with Crippen LogP contribution in [-0.4, -0.2) is 27.4 Å². The Balaban J connectivity index is 2.73. The van der Waals surface area contributed by atoms with Crippen molar-refractivity contribution in [1.29, 1.82) is 0 Å². The molecular formula is C14H24N2O3. The van der Waals surface area contributed by atoms with Gasteiger partial charge in [-0.05, 0) is 25.8 Å². The lowest BCUT2D eigenvalue weighted by Crippen LogP contribution is -2.28. The van der Waals surface area contributed by atoms with Gasteiger partial charge in [-0.2, -0.15) is 0 Å². The molecule has 0 heterocycles. The average Bonchev–Trinajstić information content (AvgIpc) is 2.47. The summed E-state index contributed by atoms with van der Waals surface area (Å²) in [5, 5.41) is 0. The SMILES string of the molecule is CCOCCCC(NN)c1ccc(OC)cc1OC. The lowest BCUT2D eigenvalue weighted by Gasteiger charge is -2.19. The van der Waals surface area contributed by atoms with Crippen LogP contribution in [0.5, 0.6) is 11.5 Å². The Morgan fingerprint density at radius 1 is 1.26 bits per heavy atom. The van der Waals surface area contributed by atoms with Crippen LogP contribution in [0, 0.1) is 0 Å². The fourth-order valence-electron chi connectivity index (χ4n) is 1.97. The number of ether oxygens (including phenoxy) is 3. The van der Waals surface area contributed by atoms with Crippen molar-refractivity contribution in [1.82, 2.24) is 5.43 Å². The third-order valence-electron chi connectivity index (χ3n) is 3.00. The summed E-state index contributed by atoms with van der Waals surface area (Å²) in [5.74, 6) is 7.18. The molecule has 0 aromatic heterocycles. The van der Waals surface area contributed by atoms with E-state index in [1.807, 2.05) is 25.1 Å². The zero-order chi connectivity index (χ0) is 14.1. The number of nitrogens with one attached hydrogen (secondary N) is 1. The molecule has 0 fully saturated rings. The first-order valence-corrected chi connectivity index (χ1v) is 6.52. The third-order valence-corrected chi connectivity index (χ3v) is 3.00. The number of nitrogens with two attached hydrogens (primary N) is 1. The van der Waals surface area contributed by atoms with E-state index in [1.165, 1.54) is 0 Å². The second-order valence-corrected chi connectivity index (χ2v) is 4.17. The van der Waals surface area contributed by atoms with Gasteiger partial charge in [0.25, 0.3) is 0 Å². The van der Waals surface area contributed by atoms with Gasteiger partial charge in [0, 0.05) is 30.9 Å². The highest BCUT2D eigenvalue weighted by Crippen LogP contribution is 2.31. The van der Waals surface area contributed by atoms with E-state index in [2.05, 4.69) is 5.43 Å². The first-order valence-electron chi connectivity index (χ1n) is 6.52. The Kier molecular flexibility index (Phi) is 7.25. The number of hydrogen-bond donors (Lipinski definition) is 2. The van der Waals surface area contributed by atoms with E-state index >= 15 is 0 Å².